The largest absolute Gasteiger partial charge is 0.397 e. The molecule has 0 aliphatic rings. The van der Waals surface area contributed by atoms with Crippen LogP contribution in [-0.4, -0.2) is 18.6 Å². The molecule has 0 atom stereocenters. The zero-order chi connectivity index (χ0) is 10.6. The summed E-state index contributed by atoms with van der Waals surface area (Å²) in [7, 11) is 1.85. The molecule has 0 fully saturated rings. The van der Waals surface area contributed by atoms with Crippen molar-refractivity contribution in [2.45, 2.75) is 0 Å². The lowest BCUT2D eigenvalue weighted by Gasteiger charge is -2.16. The minimum Gasteiger partial charge on any atom is -0.397 e. The van der Waals surface area contributed by atoms with E-state index in [1.54, 1.807) is 12.1 Å². The lowest BCUT2D eigenvalue weighted by Crippen LogP contribution is -2.19. The van der Waals surface area contributed by atoms with E-state index in [4.69, 9.17) is 11.0 Å². The van der Waals surface area contributed by atoms with Crippen LogP contribution in [0.3, 0.4) is 0 Å². The average molecular weight is 188 g/mol. The van der Waals surface area contributed by atoms with Crippen LogP contribution >= 0.6 is 0 Å². The molecule has 1 rings (SSSR count). The highest BCUT2D eigenvalue weighted by Gasteiger charge is 2.07. The van der Waals surface area contributed by atoms with Crippen molar-refractivity contribution in [3.63, 3.8) is 0 Å². The van der Waals surface area contributed by atoms with Gasteiger partial charge in [-0.2, -0.15) is 5.26 Å². The van der Waals surface area contributed by atoms with E-state index in [1.807, 2.05) is 11.9 Å². The zero-order valence-corrected chi connectivity index (χ0v) is 8.07. The van der Waals surface area contributed by atoms with Gasteiger partial charge in [0.1, 0.15) is 11.9 Å². The van der Waals surface area contributed by atoms with Crippen LogP contribution in [0.4, 0.5) is 11.5 Å². The van der Waals surface area contributed by atoms with Crippen LogP contribution in [0.2, 0.25) is 0 Å². The molecule has 1 aromatic heterocycles. The van der Waals surface area contributed by atoms with Gasteiger partial charge in [0, 0.05) is 13.6 Å². The van der Waals surface area contributed by atoms with Crippen LogP contribution in [0.5, 0.6) is 0 Å². The van der Waals surface area contributed by atoms with Gasteiger partial charge in [0.05, 0.1) is 17.4 Å². The molecule has 0 aromatic carbocycles. The maximum Gasteiger partial charge on any atom is 0.146 e. The minimum absolute atomic E-state index is 0.481. The molecule has 0 aliphatic heterocycles. The third-order valence-electron chi connectivity index (χ3n) is 1.77. The summed E-state index contributed by atoms with van der Waals surface area (Å²) in [6, 6.07) is 3.67. The number of pyridine rings is 1. The Kier molecular flexibility index (Phi) is 3.08. The molecule has 0 bridgehead atoms. The zero-order valence-electron chi connectivity index (χ0n) is 8.07. The molecule has 4 heteroatoms. The Labute approximate surface area is 83.3 Å². The van der Waals surface area contributed by atoms with Crippen molar-refractivity contribution in [1.82, 2.24) is 4.98 Å². The van der Waals surface area contributed by atoms with Crippen LogP contribution in [0.15, 0.2) is 24.9 Å². The molecule has 0 aliphatic carbocycles. The Bertz CT molecular complexity index is 378. The fraction of sp³-hybridized carbons (Fsp3) is 0.200. The summed E-state index contributed by atoms with van der Waals surface area (Å²) < 4.78 is 0. The first-order valence-electron chi connectivity index (χ1n) is 4.16. The quantitative estimate of drug-likeness (QED) is 0.723. The van der Waals surface area contributed by atoms with E-state index in [2.05, 4.69) is 17.6 Å². The lowest BCUT2D eigenvalue weighted by atomic mass is 10.2. The predicted molar refractivity (Wildman–Crippen MR) is 56.8 cm³/mol. The highest BCUT2D eigenvalue weighted by Crippen LogP contribution is 2.17. The number of nitriles is 1. The van der Waals surface area contributed by atoms with E-state index in [9.17, 15) is 0 Å². The van der Waals surface area contributed by atoms with E-state index in [-0.39, 0.29) is 0 Å². The van der Waals surface area contributed by atoms with Crippen molar-refractivity contribution in [3.05, 3.63) is 30.5 Å². The Morgan fingerprint density at radius 2 is 2.50 bits per heavy atom. The Morgan fingerprint density at radius 3 is 3.07 bits per heavy atom. The molecule has 4 nitrogen and oxygen atoms in total. The first kappa shape index (κ1) is 10.1. The van der Waals surface area contributed by atoms with Crippen LogP contribution in [0.25, 0.3) is 0 Å². The van der Waals surface area contributed by atoms with Crippen molar-refractivity contribution in [2.75, 3.05) is 24.2 Å². The Balaban J connectivity index is 3.08. The number of nitrogen functional groups attached to an aromatic ring is 1. The van der Waals surface area contributed by atoms with Gasteiger partial charge in [0.15, 0.2) is 0 Å². The molecule has 0 saturated heterocycles. The number of nitrogens with two attached hydrogens (primary N) is 1. The Hall–Kier alpha value is -2.02. The monoisotopic (exact) mass is 188 g/mol. The number of nitrogens with zero attached hydrogens (tertiary/aromatic N) is 3. The highest BCUT2D eigenvalue weighted by molar-refractivity contribution is 5.58. The van der Waals surface area contributed by atoms with Crippen LogP contribution < -0.4 is 10.6 Å². The standard InChI is InChI=1S/C10H12N4/c1-3-4-14(2)10-8(6-11)5-9(12)7-13-10/h3,5,7H,1,4,12H2,2H3. The smallest absolute Gasteiger partial charge is 0.146 e. The molecule has 0 unspecified atom stereocenters. The first-order chi connectivity index (χ1) is 6.69. The van der Waals surface area contributed by atoms with Crippen molar-refractivity contribution in [2.24, 2.45) is 0 Å². The van der Waals surface area contributed by atoms with E-state index < -0.39 is 0 Å². The summed E-state index contributed by atoms with van der Waals surface area (Å²) in [4.78, 5) is 5.94. The van der Waals surface area contributed by atoms with Gasteiger partial charge in [0.25, 0.3) is 0 Å². The number of rotatable bonds is 3. The van der Waals surface area contributed by atoms with Gasteiger partial charge in [-0.25, -0.2) is 4.98 Å². The van der Waals surface area contributed by atoms with Gasteiger partial charge in [0.2, 0.25) is 0 Å². The molecule has 14 heavy (non-hydrogen) atoms. The van der Waals surface area contributed by atoms with Gasteiger partial charge in [-0.05, 0) is 6.07 Å². The van der Waals surface area contributed by atoms with E-state index in [0.29, 0.717) is 23.6 Å². The van der Waals surface area contributed by atoms with Gasteiger partial charge >= 0.3 is 0 Å². The van der Waals surface area contributed by atoms with E-state index in [0.717, 1.165) is 0 Å². The second-order valence-electron chi connectivity index (χ2n) is 2.92. The van der Waals surface area contributed by atoms with E-state index >= 15 is 0 Å². The van der Waals surface area contributed by atoms with E-state index in [1.165, 1.54) is 6.20 Å². The fourth-order valence-corrected chi connectivity index (χ4v) is 1.14. The molecule has 0 saturated carbocycles. The number of anilines is 2. The van der Waals surface area contributed by atoms with Gasteiger partial charge < -0.3 is 10.6 Å². The molecule has 0 amide bonds. The molecular weight excluding hydrogens is 176 g/mol. The third kappa shape index (κ3) is 2.02. The number of aromatic nitrogens is 1. The van der Waals surface area contributed by atoms with Crippen molar-refractivity contribution in [1.29, 1.82) is 5.26 Å². The summed E-state index contributed by atoms with van der Waals surface area (Å²) in [5, 5.41) is 8.86. The third-order valence-corrected chi connectivity index (χ3v) is 1.77. The number of hydrogen-bond acceptors (Lipinski definition) is 4. The Morgan fingerprint density at radius 1 is 1.79 bits per heavy atom. The molecule has 2 N–H and O–H groups in total. The van der Waals surface area contributed by atoms with Crippen molar-refractivity contribution >= 4 is 11.5 Å². The van der Waals surface area contributed by atoms with Gasteiger partial charge in [-0.1, -0.05) is 6.08 Å². The minimum atomic E-state index is 0.481. The summed E-state index contributed by atoms with van der Waals surface area (Å²) in [5.74, 6) is 0.626. The first-order valence-corrected chi connectivity index (χ1v) is 4.16. The molecule has 0 radical (unpaired) electrons. The fourth-order valence-electron chi connectivity index (χ4n) is 1.14. The normalized spacial score (nSPS) is 9.14. The maximum absolute atomic E-state index is 8.86. The van der Waals surface area contributed by atoms with Gasteiger partial charge in [-0.15, -0.1) is 6.58 Å². The van der Waals surface area contributed by atoms with Crippen LogP contribution in [-0.2, 0) is 0 Å². The average Bonchev–Trinajstić information content (AvgIpc) is 2.17. The lowest BCUT2D eigenvalue weighted by molar-refractivity contribution is 0.987. The van der Waals surface area contributed by atoms with Crippen molar-refractivity contribution < 1.29 is 0 Å². The topological polar surface area (TPSA) is 65.9 Å². The van der Waals surface area contributed by atoms with Crippen molar-refractivity contribution in [3.8, 4) is 6.07 Å². The second kappa shape index (κ2) is 4.28. The molecule has 1 heterocycles. The maximum atomic E-state index is 8.86. The summed E-state index contributed by atoms with van der Waals surface area (Å²) >= 11 is 0. The number of likely N-dealkylation sites (N-methyl/N-ethyl adjacent to an activating group) is 1. The van der Waals surface area contributed by atoms with Crippen LogP contribution in [0.1, 0.15) is 5.56 Å². The molecule has 0 spiro atoms. The molecular formula is C10H12N4. The van der Waals surface area contributed by atoms with Gasteiger partial charge in [-0.3, -0.25) is 0 Å². The highest BCUT2D eigenvalue weighted by atomic mass is 15.2. The van der Waals surface area contributed by atoms with Crippen LogP contribution in [0, 0.1) is 11.3 Å². The summed E-state index contributed by atoms with van der Waals surface area (Å²) in [5.41, 5.74) is 6.50. The SMILES string of the molecule is C=CCN(C)c1ncc(N)cc1C#N. The summed E-state index contributed by atoms with van der Waals surface area (Å²) in [6.45, 7) is 4.27. The summed E-state index contributed by atoms with van der Waals surface area (Å²) in [6.07, 6.45) is 3.29. The predicted octanol–water partition coefficient (Wildman–Crippen LogP) is 1.16. The molecule has 72 valence electrons. The molecule has 1 aromatic rings. The number of hydrogen-bond donors (Lipinski definition) is 1. The second-order valence-corrected chi connectivity index (χ2v) is 2.92.